The van der Waals surface area contributed by atoms with Crippen LogP contribution in [0.25, 0.3) is 0 Å². The van der Waals surface area contributed by atoms with E-state index in [-0.39, 0.29) is 17.4 Å². The maximum absolute atomic E-state index is 12.2. The Morgan fingerprint density at radius 1 is 1.65 bits per heavy atom. The summed E-state index contributed by atoms with van der Waals surface area (Å²) in [6.07, 6.45) is 0.284. The lowest BCUT2D eigenvalue weighted by Gasteiger charge is -2.41. The molecule has 1 aromatic rings. The Hall–Kier alpha value is -0.580. The highest BCUT2D eigenvalue weighted by Gasteiger charge is 2.37. The van der Waals surface area contributed by atoms with Gasteiger partial charge in [-0.2, -0.15) is 0 Å². The molecular weight excluding hydrogens is 258 g/mol. The van der Waals surface area contributed by atoms with E-state index in [9.17, 15) is 9.90 Å². The number of piperidine rings is 1. The molecule has 0 radical (unpaired) electrons. The molecule has 1 N–H and O–H groups in total. The molecule has 1 fully saturated rings. The molecule has 1 amide bonds. The Kier molecular flexibility index (Phi) is 3.48. The van der Waals surface area contributed by atoms with Crippen LogP contribution in [0.2, 0.25) is 5.02 Å². The predicted molar refractivity (Wildman–Crippen MR) is 69.6 cm³/mol. The molecule has 1 atom stereocenters. The van der Waals surface area contributed by atoms with E-state index < -0.39 is 0 Å². The minimum absolute atomic E-state index is 0.0232. The van der Waals surface area contributed by atoms with Gasteiger partial charge in [-0.1, -0.05) is 25.4 Å². The van der Waals surface area contributed by atoms with E-state index in [1.165, 1.54) is 11.3 Å². The zero-order valence-electron chi connectivity index (χ0n) is 9.94. The number of aliphatic hydroxyl groups excluding tert-OH is 1. The highest BCUT2D eigenvalue weighted by molar-refractivity contribution is 7.12. The first-order valence-corrected chi connectivity index (χ1v) is 6.88. The summed E-state index contributed by atoms with van der Waals surface area (Å²) >= 11 is 7.33. The summed E-state index contributed by atoms with van der Waals surface area (Å²) in [6.45, 7) is 5.12. The van der Waals surface area contributed by atoms with Crippen molar-refractivity contribution in [1.29, 1.82) is 0 Å². The number of rotatable bonds is 1. The van der Waals surface area contributed by atoms with Gasteiger partial charge in [-0.25, -0.2) is 0 Å². The summed E-state index contributed by atoms with van der Waals surface area (Å²) in [5.41, 5.74) is -0.252. The van der Waals surface area contributed by atoms with E-state index in [0.29, 0.717) is 29.4 Å². The monoisotopic (exact) mass is 273 g/mol. The minimum atomic E-state index is -0.342. The molecule has 0 bridgehead atoms. The Labute approximate surface area is 110 Å². The molecule has 3 nitrogen and oxygen atoms in total. The van der Waals surface area contributed by atoms with Gasteiger partial charge in [0.1, 0.15) is 4.88 Å². The third kappa shape index (κ3) is 2.49. The third-order valence-electron chi connectivity index (χ3n) is 3.27. The van der Waals surface area contributed by atoms with Gasteiger partial charge >= 0.3 is 0 Å². The Balaban J connectivity index is 2.15. The molecule has 1 aromatic heterocycles. The van der Waals surface area contributed by atoms with Gasteiger partial charge in [0.2, 0.25) is 0 Å². The highest BCUT2D eigenvalue weighted by atomic mass is 35.5. The van der Waals surface area contributed by atoms with Crippen molar-refractivity contribution in [2.75, 3.05) is 13.1 Å². The van der Waals surface area contributed by atoms with Crippen LogP contribution < -0.4 is 0 Å². The van der Waals surface area contributed by atoms with Crippen LogP contribution in [0.4, 0.5) is 0 Å². The Morgan fingerprint density at radius 2 is 2.35 bits per heavy atom. The van der Waals surface area contributed by atoms with Gasteiger partial charge in [0.05, 0.1) is 11.1 Å². The predicted octanol–water partition coefficient (Wildman–Crippen LogP) is 2.63. The van der Waals surface area contributed by atoms with E-state index >= 15 is 0 Å². The SMILES string of the molecule is CC1(C)CN(C(=O)c2sccc2Cl)CCC1O. The first-order chi connectivity index (χ1) is 7.92. The molecule has 0 aromatic carbocycles. The summed E-state index contributed by atoms with van der Waals surface area (Å²) in [5, 5.41) is 12.2. The smallest absolute Gasteiger partial charge is 0.265 e. The zero-order chi connectivity index (χ0) is 12.6. The van der Waals surface area contributed by atoms with Gasteiger partial charge in [-0.15, -0.1) is 11.3 Å². The summed E-state index contributed by atoms with van der Waals surface area (Å²) in [4.78, 5) is 14.6. The van der Waals surface area contributed by atoms with Crippen molar-refractivity contribution in [3.05, 3.63) is 21.3 Å². The van der Waals surface area contributed by atoms with Crippen LogP contribution in [-0.4, -0.2) is 35.1 Å². The maximum atomic E-state index is 12.2. The largest absolute Gasteiger partial charge is 0.392 e. The number of halogens is 1. The highest BCUT2D eigenvalue weighted by Crippen LogP contribution is 2.31. The molecule has 5 heteroatoms. The van der Waals surface area contributed by atoms with E-state index in [4.69, 9.17) is 11.6 Å². The van der Waals surface area contributed by atoms with Crippen molar-refractivity contribution in [3.8, 4) is 0 Å². The van der Waals surface area contributed by atoms with Crippen LogP contribution in [0.3, 0.4) is 0 Å². The molecule has 2 heterocycles. The molecule has 1 aliphatic rings. The second-order valence-corrected chi connectivity index (χ2v) is 6.44. The molecule has 1 aliphatic heterocycles. The number of carbonyl (C=O) groups is 1. The number of aliphatic hydroxyl groups is 1. The third-order valence-corrected chi connectivity index (χ3v) is 4.60. The number of carbonyl (C=O) groups excluding carboxylic acids is 1. The molecule has 0 spiro atoms. The summed E-state index contributed by atoms with van der Waals surface area (Å²) < 4.78 is 0. The van der Waals surface area contributed by atoms with Crippen LogP contribution in [0.15, 0.2) is 11.4 Å². The number of likely N-dealkylation sites (tertiary alicyclic amines) is 1. The fourth-order valence-corrected chi connectivity index (χ4v) is 3.21. The summed E-state index contributed by atoms with van der Waals surface area (Å²) in [6, 6.07) is 1.74. The Bertz CT molecular complexity index is 430. The second kappa shape index (κ2) is 4.59. The van der Waals surface area contributed by atoms with E-state index in [0.717, 1.165) is 0 Å². The number of nitrogens with zero attached hydrogens (tertiary/aromatic N) is 1. The maximum Gasteiger partial charge on any atom is 0.265 e. The van der Waals surface area contributed by atoms with Crippen LogP contribution in [0.1, 0.15) is 29.9 Å². The van der Waals surface area contributed by atoms with Crippen molar-refractivity contribution in [2.45, 2.75) is 26.4 Å². The fraction of sp³-hybridized carbons (Fsp3) is 0.583. The average Bonchev–Trinajstić information content (AvgIpc) is 2.67. The van der Waals surface area contributed by atoms with Crippen LogP contribution in [0, 0.1) is 5.41 Å². The molecule has 17 heavy (non-hydrogen) atoms. The zero-order valence-corrected chi connectivity index (χ0v) is 11.5. The molecule has 1 unspecified atom stereocenters. The van der Waals surface area contributed by atoms with Crippen molar-refractivity contribution in [2.24, 2.45) is 5.41 Å². The lowest BCUT2D eigenvalue weighted by Crippen LogP contribution is -2.50. The number of hydrogen-bond acceptors (Lipinski definition) is 3. The molecule has 2 rings (SSSR count). The van der Waals surface area contributed by atoms with Crippen molar-refractivity contribution in [3.63, 3.8) is 0 Å². The number of amides is 1. The molecule has 0 aliphatic carbocycles. The number of hydrogen-bond donors (Lipinski definition) is 1. The molecule has 1 saturated heterocycles. The van der Waals surface area contributed by atoms with Gasteiger partial charge in [-0.05, 0) is 17.9 Å². The standard InChI is InChI=1S/C12H16ClNO2S/c1-12(2)7-14(5-3-9(12)15)11(16)10-8(13)4-6-17-10/h4,6,9,15H,3,5,7H2,1-2H3. The fourth-order valence-electron chi connectivity index (χ4n) is 2.11. The Morgan fingerprint density at radius 3 is 2.88 bits per heavy atom. The van der Waals surface area contributed by atoms with Gasteiger partial charge in [0.25, 0.3) is 5.91 Å². The lowest BCUT2D eigenvalue weighted by molar-refractivity contribution is -0.0180. The van der Waals surface area contributed by atoms with Crippen LogP contribution in [0.5, 0.6) is 0 Å². The normalized spacial score (nSPS) is 23.8. The topological polar surface area (TPSA) is 40.5 Å². The van der Waals surface area contributed by atoms with Crippen LogP contribution >= 0.6 is 22.9 Å². The van der Waals surface area contributed by atoms with E-state index in [1.807, 2.05) is 19.2 Å². The van der Waals surface area contributed by atoms with Crippen LogP contribution in [-0.2, 0) is 0 Å². The van der Waals surface area contributed by atoms with E-state index in [2.05, 4.69) is 0 Å². The van der Waals surface area contributed by atoms with Gasteiger partial charge in [-0.3, -0.25) is 4.79 Å². The quantitative estimate of drug-likeness (QED) is 0.855. The number of thiophene rings is 1. The lowest BCUT2D eigenvalue weighted by atomic mass is 9.81. The second-order valence-electron chi connectivity index (χ2n) is 5.12. The molecule has 0 saturated carbocycles. The van der Waals surface area contributed by atoms with Gasteiger partial charge in [0.15, 0.2) is 0 Å². The van der Waals surface area contributed by atoms with E-state index in [1.54, 1.807) is 11.0 Å². The first kappa shape index (κ1) is 12.9. The first-order valence-electron chi connectivity index (χ1n) is 5.62. The molecule has 94 valence electrons. The van der Waals surface area contributed by atoms with Crippen molar-refractivity contribution in [1.82, 2.24) is 4.90 Å². The summed E-state index contributed by atoms with van der Waals surface area (Å²) in [5.74, 6) is -0.0232. The van der Waals surface area contributed by atoms with Gasteiger partial charge < -0.3 is 10.0 Å². The van der Waals surface area contributed by atoms with Crippen molar-refractivity contribution >= 4 is 28.8 Å². The van der Waals surface area contributed by atoms with Gasteiger partial charge in [0, 0.05) is 18.5 Å². The summed E-state index contributed by atoms with van der Waals surface area (Å²) in [7, 11) is 0. The minimum Gasteiger partial charge on any atom is -0.392 e. The van der Waals surface area contributed by atoms with Crippen molar-refractivity contribution < 1.29 is 9.90 Å². The average molecular weight is 274 g/mol. The molecular formula is C12H16ClNO2S.